The number of benzene rings is 4. The van der Waals surface area contributed by atoms with Crippen LogP contribution in [-0.2, 0) is 16.0 Å². The molecule has 4 aromatic rings. The maximum atomic E-state index is 13.1. The van der Waals surface area contributed by atoms with Crippen LogP contribution in [0.5, 0.6) is 11.5 Å². The number of nitrogens with zero attached hydrogens (tertiary/aromatic N) is 1. The summed E-state index contributed by atoms with van der Waals surface area (Å²) in [6.07, 6.45) is 0.188. The molecule has 2 N–H and O–H groups in total. The van der Waals surface area contributed by atoms with Gasteiger partial charge >= 0.3 is 5.97 Å². The predicted octanol–water partition coefficient (Wildman–Crippen LogP) is 6.10. The maximum absolute atomic E-state index is 13.1. The second kappa shape index (κ2) is 14.7. The Morgan fingerprint density at radius 3 is 2.16 bits per heavy atom. The van der Waals surface area contributed by atoms with Crippen molar-refractivity contribution in [1.82, 2.24) is 0 Å². The van der Waals surface area contributed by atoms with E-state index in [4.69, 9.17) is 9.47 Å². The van der Waals surface area contributed by atoms with Crippen molar-refractivity contribution in [2.24, 2.45) is 5.92 Å². The van der Waals surface area contributed by atoms with Crippen molar-refractivity contribution in [1.29, 1.82) is 0 Å². The molecular weight excluding hydrogens is 544 g/mol. The molecule has 0 spiro atoms. The van der Waals surface area contributed by atoms with Crippen LogP contribution in [0.4, 0.5) is 11.4 Å². The van der Waals surface area contributed by atoms with Crippen molar-refractivity contribution in [3.63, 3.8) is 0 Å². The molecule has 0 bridgehead atoms. The second-order valence-corrected chi connectivity index (χ2v) is 10.3. The Balaban J connectivity index is 1.41. The van der Waals surface area contributed by atoms with Crippen LogP contribution >= 0.6 is 0 Å². The number of carboxylic acids is 1. The molecule has 1 atom stereocenters. The first-order chi connectivity index (χ1) is 20.8. The Morgan fingerprint density at radius 1 is 0.837 bits per heavy atom. The summed E-state index contributed by atoms with van der Waals surface area (Å²) in [5, 5.41) is 13.0. The first-order valence-corrected chi connectivity index (χ1v) is 14.1. The molecule has 4 aromatic carbocycles. The zero-order valence-corrected chi connectivity index (χ0v) is 24.5. The summed E-state index contributed by atoms with van der Waals surface area (Å²) in [6.45, 7) is 4.28. The van der Waals surface area contributed by atoms with Gasteiger partial charge < -0.3 is 24.8 Å². The van der Waals surface area contributed by atoms with E-state index in [0.29, 0.717) is 40.5 Å². The van der Waals surface area contributed by atoms with Gasteiger partial charge in [0.1, 0.15) is 24.1 Å². The minimum Gasteiger partial charge on any atom is -0.495 e. The van der Waals surface area contributed by atoms with Gasteiger partial charge in [-0.1, -0.05) is 80.6 Å². The number of hydrogen-bond donors (Lipinski definition) is 2. The van der Waals surface area contributed by atoms with E-state index in [1.165, 1.54) is 0 Å². The van der Waals surface area contributed by atoms with Gasteiger partial charge in [0.15, 0.2) is 5.78 Å². The number of para-hydroxylation sites is 3. The molecule has 0 fully saturated rings. The number of ketones is 1. The van der Waals surface area contributed by atoms with Gasteiger partial charge in [-0.25, -0.2) is 4.79 Å². The van der Waals surface area contributed by atoms with Gasteiger partial charge in [-0.05, 0) is 42.0 Å². The molecule has 4 rings (SSSR count). The number of nitrogens with one attached hydrogen (secondary N) is 1. The van der Waals surface area contributed by atoms with Crippen LogP contribution in [-0.4, -0.2) is 49.1 Å². The minimum absolute atomic E-state index is 0.0392. The molecule has 0 aromatic heterocycles. The highest BCUT2D eigenvalue weighted by Gasteiger charge is 2.23. The molecule has 0 radical (unpaired) electrons. The highest BCUT2D eigenvalue weighted by atomic mass is 16.5. The Hall–Kier alpha value is -5.11. The van der Waals surface area contributed by atoms with Crippen molar-refractivity contribution in [2.75, 3.05) is 30.5 Å². The lowest BCUT2D eigenvalue weighted by atomic mass is 10.00. The number of ether oxygens (including phenoxy) is 2. The van der Waals surface area contributed by atoms with E-state index in [2.05, 4.69) is 5.32 Å². The van der Waals surface area contributed by atoms with E-state index in [1.807, 2.05) is 56.3 Å². The third-order valence-corrected chi connectivity index (χ3v) is 6.92. The molecular formula is C35H36N2O6. The summed E-state index contributed by atoms with van der Waals surface area (Å²) in [4.78, 5) is 39.9. The van der Waals surface area contributed by atoms with Crippen molar-refractivity contribution >= 4 is 29.0 Å². The second-order valence-electron chi connectivity index (χ2n) is 10.3. The van der Waals surface area contributed by atoms with E-state index in [0.717, 1.165) is 5.56 Å². The molecule has 8 nitrogen and oxygen atoms in total. The number of carboxylic acid groups (broad SMARTS) is 1. The minimum atomic E-state index is -1.03. The van der Waals surface area contributed by atoms with Gasteiger partial charge in [0, 0.05) is 29.2 Å². The normalized spacial score (nSPS) is 11.4. The number of anilines is 2. The zero-order valence-electron chi connectivity index (χ0n) is 24.5. The lowest BCUT2D eigenvalue weighted by Gasteiger charge is -2.26. The monoisotopic (exact) mass is 580 g/mol. The standard InChI is InChI=1S/C35H36N2O6/c1-24(2)34(39)37(31-15-9-10-16-32(31)42-3)21-22-43-27-19-17-25(18-20-27)23-30(35(40)41)36-29-14-8-7-13-28(29)33(38)26-11-5-4-6-12-26/h4-20,24,30,36H,21-23H2,1-3H3,(H,40,41). The summed E-state index contributed by atoms with van der Waals surface area (Å²) in [5.74, 6) is -0.262. The van der Waals surface area contributed by atoms with Crippen LogP contribution in [0.3, 0.4) is 0 Å². The number of rotatable bonds is 14. The number of carbonyl (C=O) groups excluding carboxylic acids is 2. The van der Waals surface area contributed by atoms with Crippen LogP contribution in [0.15, 0.2) is 103 Å². The Bertz CT molecular complexity index is 1540. The van der Waals surface area contributed by atoms with Gasteiger partial charge in [-0.3, -0.25) is 9.59 Å². The molecule has 0 heterocycles. The van der Waals surface area contributed by atoms with Gasteiger partial charge in [-0.15, -0.1) is 0 Å². The molecule has 222 valence electrons. The van der Waals surface area contributed by atoms with Crippen molar-refractivity contribution in [3.05, 3.63) is 120 Å². The fourth-order valence-electron chi connectivity index (χ4n) is 4.67. The number of amides is 1. The molecule has 0 aliphatic carbocycles. The van der Waals surface area contributed by atoms with Crippen LogP contribution in [0.2, 0.25) is 0 Å². The lowest BCUT2D eigenvalue weighted by Crippen LogP contribution is -2.37. The third kappa shape index (κ3) is 8.01. The highest BCUT2D eigenvalue weighted by Crippen LogP contribution is 2.29. The number of carbonyl (C=O) groups is 3. The molecule has 1 unspecified atom stereocenters. The quantitative estimate of drug-likeness (QED) is 0.174. The third-order valence-electron chi connectivity index (χ3n) is 6.92. The summed E-state index contributed by atoms with van der Waals surface area (Å²) < 4.78 is 11.4. The molecule has 0 aliphatic heterocycles. The first-order valence-electron chi connectivity index (χ1n) is 14.1. The smallest absolute Gasteiger partial charge is 0.326 e. The van der Waals surface area contributed by atoms with Crippen molar-refractivity contribution in [3.8, 4) is 11.5 Å². The first kappa shape index (κ1) is 30.8. The van der Waals surface area contributed by atoms with Crippen LogP contribution < -0.4 is 19.7 Å². The van der Waals surface area contributed by atoms with E-state index in [1.54, 1.807) is 72.7 Å². The molecule has 1 amide bonds. The highest BCUT2D eigenvalue weighted by molar-refractivity contribution is 6.12. The SMILES string of the molecule is COc1ccccc1N(CCOc1ccc(CC(Nc2ccccc2C(=O)c2ccccc2)C(=O)O)cc1)C(=O)C(C)C. The molecule has 0 saturated heterocycles. The van der Waals surface area contributed by atoms with E-state index < -0.39 is 12.0 Å². The van der Waals surface area contributed by atoms with E-state index in [-0.39, 0.29) is 30.6 Å². The summed E-state index contributed by atoms with van der Waals surface area (Å²) >= 11 is 0. The Labute approximate surface area is 251 Å². The van der Waals surface area contributed by atoms with Gasteiger partial charge in [-0.2, -0.15) is 0 Å². The summed E-state index contributed by atoms with van der Waals surface area (Å²) in [6, 6.07) is 29.4. The van der Waals surface area contributed by atoms with Crippen molar-refractivity contribution in [2.45, 2.75) is 26.3 Å². The fourth-order valence-corrected chi connectivity index (χ4v) is 4.67. The van der Waals surface area contributed by atoms with E-state index in [9.17, 15) is 19.5 Å². The Kier molecular flexibility index (Phi) is 10.5. The summed E-state index contributed by atoms with van der Waals surface area (Å²) in [5.41, 5.74) is 2.85. The average Bonchev–Trinajstić information content (AvgIpc) is 3.03. The molecule has 43 heavy (non-hydrogen) atoms. The topological polar surface area (TPSA) is 105 Å². The van der Waals surface area contributed by atoms with Crippen LogP contribution in [0, 0.1) is 5.92 Å². The fraction of sp³-hybridized carbons (Fsp3) is 0.229. The summed E-state index contributed by atoms with van der Waals surface area (Å²) in [7, 11) is 1.57. The van der Waals surface area contributed by atoms with Gasteiger partial charge in [0.25, 0.3) is 0 Å². The lowest BCUT2D eigenvalue weighted by molar-refractivity contribution is -0.137. The van der Waals surface area contributed by atoms with Crippen molar-refractivity contribution < 1.29 is 29.0 Å². The van der Waals surface area contributed by atoms with Gasteiger partial charge in [0.05, 0.1) is 19.3 Å². The van der Waals surface area contributed by atoms with Crippen LogP contribution in [0.1, 0.15) is 35.3 Å². The maximum Gasteiger partial charge on any atom is 0.326 e. The molecule has 0 aliphatic rings. The predicted molar refractivity (Wildman–Crippen MR) is 167 cm³/mol. The number of hydrogen-bond acceptors (Lipinski definition) is 6. The molecule has 8 heteroatoms. The Morgan fingerprint density at radius 2 is 1.49 bits per heavy atom. The zero-order chi connectivity index (χ0) is 30.8. The van der Waals surface area contributed by atoms with Gasteiger partial charge in [0.2, 0.25) is 5.91 Å². The van der Waals surface area contributed by atoms with E-state index >= 15 is 0 Å². The largest absolute Gasteiger partial charge is 0.495 e. The number of aliphatic carboxylic acids is 1. The average molecular weight is 581 g/mol. The molecule has 0 saturated carbocycles. The van der Waals surface area contributed by atoms with Crippen LogP contribution in [0.25, 0.3) is 0 Å². The number of methoxy groups -OCH3 is 1.